The molecule has 0 saturated carbocycles. The molecule has 0 aliphatic rings. The molecule has 0 aliphatic carbocycles. The van der Waals surface area contributed by atoms with Crippen molar-refractivity contribution in [1.29, 1.82) is 0 Å². The van der Waals surface area contributed by atoms with E-state index < -0.39 is 0 Å². The minimum atomic E-state index is -0.0825. The smallest absolute Gasteiger partial charge is 0.251 e. The van der Waals surface area contributed by atoms with E-state index in [0.717, 1.165) is 30.0 Å². The first-order valence-corrected chi connectivity index (χ1v) is 6.86. The van der Waals surface area contributed by atoms with Crippen LogP contribution in [0.4, 0.5) is 5.69 Å². The lowest BCUT2D eigenvalue weighted by atomic mass is 10.1. The van der Waals surface area contributed by atoms with Gasteiger partial charge in [-0.05, 0) is 49.2 Å². The number of aryl methyl sites for hydroxylation is 1. The lowest BCUT2D eigenvalue weighted by Gasteiger charge is -2.10. The number of hydrogen-bond acceptors (Lipinski definition) is 3. The fraction of sp³-hybridized carbons (Fsp3) is 0.312. The Morgan fingerprint density at radius 3 is 2.80 bits per heavy atom. The maximum atomic E-state index is 12.1. The molecule has 0 fully saturated rings. The summed E-state index contributed by atoms with van der Waals surface area (Å²) in [5, 5.41) is 6.16. The molecular weight excluding hydrogens is 252 g/mol. The lowest BCUT2D eigenvalue weighted by Crippen LogP contribution is -2.23. The quantitative estimate of drug-likeness (QED) is 0.848. The van der Waals surface area contributed by atoms with Crippen molar-refractivity contribution in [3.8, 4) is 0 Å². The normalized spacial score (nSPS) is 10.3. The molecule has 1 aromatic heterocycles. The van der Waals surface area contributed by atoms with Gasteiger partial charge in [0, 0.05) is 17.8 Å². The number of carbonyl (C=O) groups is 1. The highest BCUT2D eigenvalue weighted by Gasteiger charge is 2.09. The number of nitrogens with one attached hydrogen (secondary N) is 2. The Bertz CT molecular complexity index is 562. The van der Waals surface area contributed by atoms with E-state index in [1.807, 2.05) is 31.2 Å². The monoisotopic (exact) mass is 272 g/mol. The van der Waals surface area contributed by atoms with Crippen LogP contribution in [0.5, 0.6) is 0 Å². The van der Waals surface area contributed by atoms with Crippen molar-refractivity contribution in [3.63, 3.8) is 0 Å². The van der Waals surface area contributed by atoms with E-state index in [1.165, 1.54) is 0 Å². The van der Waals surface area contributed by atoms with Crippen LogP contribution in [0.3, 0.4) is 0 Å². The predicted molar refractivity (Wildman–Crippen MR) is 79.8 cm³/mol. The Hall–Kier alpha value is -2.23. The molecule has 2 N–H and O–H groups in total. The molecule has 0 unspecified atom stereocenters. The largest absolute Gasteiger partial charge is 0.467 e. The zero-order valence-corrected chi connectivity index (χ0v) is 11.9. The van der Waals surface area contributed by atoms with Gasteiger partial charge in [-0.2, -0.15) is 0 Å². The molecule has 4 nitrogen and oxygen atoms in total. The van der Waals surface area contributed by atoms with Crippen LogP contribution in [0.15, 0.2) is 41.0 Å². The summed E-state index contributed by atoms with van der Waals surface area (Å²) in [4.78, 5) is 12.1. The van der Waals surface area contributed by atoms with E-state index in [2.05, 4.69) is 17.6 Å². The van der Waals surface area contributed by atoms with Crippen molar-refractivity contribution < 1.29 is 9.21 Å². The summed E-state index contributed by atoms with van der Waals surface area (Å²) < 4.78 is 5.19. The third-order valence-electron chi connectivity index (χ3n) is 3.05. The van der Waals surface area contributed by atoms with Crippen LogP contribution >= 0.6 is 0 Å². The molecule has 20 heavy (non-hydrogen) atoms. The minimum Gasteiger partial charge on any atom is -0.467 e. The molecule has 2 rings (SSSR count). The van der Waals surface area contributed by atoms with Gasteiger partial charge in [-0.25, -0.2) is 0 Å². The standard InChI is InChI=1S/C16H20N2O2/c1-3-8-17-13-6-7-15(12(2)10-13)16(19)18-11-14-5-4-9-20-14/h4-7,9-10,17H,3,8,11H2,1-2H3,(H,18,19). The van der Waals surface area contributed by atoms with Crippen LogP contribution in [0.25, 0.3) is 0 Å². The molecule has 0 radical (unpaired) electrons. The molecule has 0 spiro atoms. The van der Waals surface area contributed by atoms with Crippen LogP contribution in [0, 0.1) is 6.92 Å². The number of anilines is 1. The summed E-state index contributed by atoms with van der Waals surface area (Å²) >= 11 is 0. The molecule has 1 amide bonds. The van der Waals surface area contributed by atoms with Gasteiger partial charge in [0.25, 0.3) is 5.91 Å². The third-order valence-corrected chi connectivity index (χ3v) is 3.05. The molecule has 0 aliphatic heterocycles. The van der Waals surface area contributed by atoms with Gasteiger partial charge < -0.3 is 15.1 Å². The predicted octanol–water partition coefficient (Wildman–Crippen LogP) is 3.34. The van der Waals surface area contributed by atoms with Crippen LogP contribution < -0.4 is 10.6 Å². The molecule has 2 aromatic rings. The van der Waals surface area contributed by atoms with E-state index in [-0.39, 0.29) is 5.91 Å². The van der Waals surface area contributed by atoms with Gasteiger partial charge in [-0.15, -0.1) is 0 Å². The van der Waals surface area contributed by atoms with E-state index in [9.17, 15) is 4.79 Å². The highest BCUT2D eigenvalue weighted by Crippen LogP contribution is 2.15. The maximum absolute atomic E-state index is 12.1. The number of carbonyl (C=O) groups excluding carboxylic acids is 1. The molecule has 4 heteroatoms. The zero-order valence-electron chi connectivity index (χ0n) is 11.9. The van der Waals surface area contributed by atoms with E-state index in [4.69, 9.17) is 4.42 Å². The Morgan fingerprint density at radius 2 is 2.15 bits per heavy atom. The average Bonchev–Trinajstić information content (AvgIpc) is 2.96. The molecule has 0 bridgehead atoms. The van der Waals surface area contributed by atoms with Crippen molar-refractivity contribution in [2.24, 2.45) is 0 Å². The molecule has 1 aromatic carbocycles. The zero-order chi connectivity index (χ0) is 14.4. The highest BCUT2D eigenvalue weighted by molar-refractivity contribution is 5.96. The molecule has 0 saturated heterocycles. The van der Waals surface area contributed by atoms with Crippen LogP contribution in [0.1, 0.15) is 35.0 Å². The Morgan fingerprint density at radius 1 is 1.30 bits per heavy atom. The first kappa shape index (κ1) is 14.2. The Kier molecular flexibility index (Phi) is 4.82. The minimum absolute atomic E-state index is 0.0825. The van der Waals surface area contributed by atoms with Gasteiger partial charge in [0.2, 0.25) is 0 Å². The second-order valence-electron chi connectivity index (χ2n) is 4.72. The van der Waals surface area contributed by atoms with Gasteiger partial charge in [-0.1, -0.05) is 6.92 Å². The van der Waals surface area contributed by atoms with Gasteiger partial charge in [0.15, 0.2) is 0 Å². The van der Waals surface area contributed by atoms with Crippen molar-refractivity contribution >= 4 is 11.6 Å². The number of rotatable bonds is 6. The summed E-state index contributed by atoms with van der Waals surface area (Å²) in [5.74, 6) is 0.665. The highest BCUT2D eigenvalue weighted by atomic mass is 16.3. The van der Waals surface area contributed by atoms with Gasteiger partial charge in [0.1, 0.15) is 5.76 Å². The van der Waals surface area contributed by atoms with Crippen molar-refractivity contribution in [2.45, 2.75) is 26.8 Å². The van der Waals surface area contributed by atoms with Crippen molar-refractivity contribution in [3.05, 3.63) is 53.5 Å². The summed E-state index contributed by atoms with van der Waals surface area (Å²) in [6.45, 7) is 5.40. The second kappa shape index (κ2) is 6.80. The molecule has 1 heterocycles. The first-order chi connectivity index (χ1) is 9.70. The topological polar surface area (TPSA) is 54.3 Å². The Labute approximate surface area is 119 Å². The maximum Gasteiger partial charge on any atom is 0.251 e. The van der Waals surface area contributed by atoms with Crippen molar-refractivity contribution in [2.75, 3.05) is 11.9 Å². The summed E-state index contributed by atoms with van der Waals surface area (Å²) in [6, 6.07) is 9.43. The number of furan rings is 1. The number of amides is 1. The second-order valence-corrected chi connectivity index (χ2v) is 4.72. The third kappa shape index (κ3) is 3.63. The molecule has 0 atom stereocenters. The van der Waals surface area contributed by atoms with Crippen molar-refractivity contribution in [1.82, 2.24) is 5.32 Å². The lowest BCUT2D eigenvalue weighted by molar-refractivity contribution is 0.0947. The van der Waals surface area contributed by atoms with Crippen LogP contribution in [-0.4, -0.2) is 12.5 Å². The summed E-state index contributed by atoms with van der Waals surface area (Å²) in [5.41, 5.74) is 2.70. The van der Waals surface area contributed by atoms with Gasteiger partial charge >= 0.3 is 0 Å². The SMILES string of the molecule is CCCNc1ccc(C(=O)NCc2ccco2)c(C)c1. The summed E-state index contributed by atoms with van der Waals surface area (Å²) in [7, 11) is 0. The van der Waals surface area contributed by atoms with Gasteiger partial charge in [-0.3, -0.25) is 4.79 Å². The first-order valence-electron chi connectivity index (χ1n) is 6.86. The number of hydrogen-bond donors (Lipinski definition) is 2. The molecule has 106 valence electrons. The summed E-state index contributed by atoms with van der Waals surface area (Å²) in [6.07, 6.45) is 2.67. The fourth-order valence-electron chi connectivity index (χ4n) is 1.97. The average molecular weight is 272 g/mol. The fourth-order valence-corrected chi connectivity index (χ4v) is 1.97. The van der Waals surface area contributed by atoms with E-state index in [0.29, 0.717) is 12.1 Å². The molecular formula is C16H20N2O2. The van der Waals surface area contributed by atoms with Crippen LogP contribution in [-0.2, 0) is 6.54 Å². The van der Waals surface area contributed by atoms with Crippen LogP contribution in [0.2, 0.25) is 0 Å². The van der Waals surface area contributed by atoms with Gasteiger partial charge in [0.05, 0.1) is 12.8 Å². The Balaban J connectivity index is 1.98. The van der Waals surface area contributed by atoms with E-state index >= 15 is 0 Å². The number of benzene rings is 1. The van der Waals surface area contributed by atoms with E-state index in [1.54, 1.807) is 12.3 Å².